The largest absolute Gasteiger partial charge is 0.456 e. The molecule has 198 valence electrons. The Balaban J connectivity index is 2.58. The van der Waals surface area contributed by atoms with E-state index in [9.17, 15) is 4.79 Å². The molecule has 1 aliphatic rings. The van der Waals surface area contributed by atoms with Crippen molar-refractivity contribution >= 4 is 94.3 Å². The van der Waals surface area contributed by atoms with Crippen LogP contribution in [0.5, 0.6) is 0 Å². The summed E-state index contributed by atoms with van der Waals surface area (Å²) in [6.45, 7) is 6.35. The third-order valence-corrected chi connectivity index (χ3v) is 13.3. The number of carbonyl (C=O) groups is 1. The summed E-state index contributed by atoms with van der Waals surface area (Å²) in [4.78, 5) is 13.2. The summed E-state index contributed by atoms with van der Waals surface area (Å²) in [6.07, 6.45) is -3.05. The lowest BCUT2D eigenvalue weighted by Gasteiger charge is -2.48. The summed E-state index contributed by atoms with van der Waals surface area (Å²) in [5.74, 6) is -1.45. The van der Waals surface area contributed by atoms with Crippen LogP contribution >= 0.6 is 74.1 Å². The molecule has 0 spiro atoms. The molecule has 1 heterocycles. The topological polar surface area (TPSA) is 77.8 Å². The maximum atomic E-state index is 12.3. The number of halogens is 5. The lowest BCUT2D eigenvalue weighted by atomic mass is 10.0. The minimum absolute atomic E-state index is 0.301. The molecule has 0 aliphatic carbocycles. The van der Waals surface area contributed by atoms with Gasteiger partial charge in [-0.1, -0.05) is 89.7 Å². The number of thioether (sulfide) groups is 1. The molecule has 0 saturated carbocycles. The van der Waals surface area contributed by atoms with Gasteiger partial charge in [0, 0.05) is 10.2 Å². The first kappa shape index (κ1) is 31.5. The van der Waals surface area contributed by atoms with Crippen molar-refractivity contribution in [3.05, 3.63) is 30.3 Å². The Hall–Kier alpha value is 0.287. The Bertz CT molecular complexity index is 826. The predicted molar refractivity (Wildman–Crippen MR) is 150 cm³/mol. The molecule has 1 fully saturated rings. The van der Waals surface area contributed by atoms with E-state index in [4.69, 9.17) is 70.4 Å². The Morgan fingerprint density at radius 1 is 1.11 bits per heavy atom. The van der Waals surface area contributed by atoms with Gasteiger partial charge in [-0.2, -0.15) is 0 Å². The van der Waals surface area contributed by atoms with Crippen molar-refractivity contribution in [2.45, 2.75) is 77.4 Å². The summed E-state index contributed by atoms with van der Waals surface area (Å²) < 4.78 is 22.7. The highest BCUT2D eigenvalue weighted by molar-refractivity contribution is 9.09. The average molecular weight is 670 g/mol. The highest BCUT2D eigenvalue weighted by Gasteiger charge is 2.53. The monoisotopic (exact) mass is 667 g/mol. The molecule has 0 bridgehead atoms. The lowest BCUT2D eigenvalue weighted by Crippen LogP contribution is -2.63. The van der Waals surface area contributed by atoms with Crippen molar-refractivity contribution in [3.8, 4) is 0 Å². The van der Waals surface area contributed by atoms with Crippen molar-refractivity contribution in [2.75, 3.05) is 11.2 Å². The Kier molecular flexibility index (Phi) is 13.0. The molecule has 6 nitrogen and oxygen atoms in total. The van der Waals surface area contributed by atoms with Crippen LogP contribution in [0.4, 0.5) is 0 Å². The van der Waals surface area contributed by atoms with Gasteiger partial charge >= 0.3 is 5.97 Å². The van der Waals surface area contributed by atoms with Crippen LogP contribution in [0.3, 0.4) is 0 Å². The predicted octanol–water partition coefficient (Wildman–Crippen LogP) is 7.17. The quantitative estimate of drug-likeness (QED) is 0.0885. The lowest BCUT2D eigenvalue weighted by molar-refractivity contribution is -0.222. The van der Waals surface area contributed by atoms with Gasteiger partial charge in [-0.05, 0) is 30.3 Å². The van der Waals surface area contributed by atoms with Crippen molar-refractivity contribution in [3.63, 3.8) is 0 Å². The van der Waals surface area contributed by atoms with Gasteiger partial charge in [-0.25, -0.2) is 0 Å². The number of nitrogens with one attached hydrogen (secondary N) is 1. The molecule has 1 aromatic carbocycles. The fourth-order valence-electron chi connectivity index (χ4n) is 3.81. The molecule has 1 saturated heterocycles. The number of hydrogen-bond acceptors (Lipinski definition) is 7. The van der Waals surface area contributed by atoms with Crippen LogP contribution in [0.2, 0.25) is 18.1 Å². The zero-order chi connectivity index (χ0) is 26.2. The van der Waals surface area contributed by atoms with Crippen LogP contribution in [-0.2, 0) is 23.4 Å². The molecular formula is C22H30BrCl4NO5SSi. The van der Waals surface area contributed by atoms with Crippen molar-refractivity contribution in [1.82, 2.24) is 0 Å². The third-order valence-electron chi connectivity index (χ3n) is 5.95. The third kappa shape index (κ3) is 8.65. The highest BCUT2D eigenvalue weighted by Crippen LogP contribution is 2.42. The van der Waals surface area contributed by atoms with Gasteiger partial charge in [0.2, 0.25) is 12.2 Å². The SMILES string of the molecule is CC[Si](CC)(CC)O[C@H]1[C@H](OC(=O)CCl)[C@@H](CBr)O[C@H](OC(=N)C(Cl)(Cl)Cl)[C@@H]1Sc1ccccc1. The van der Waals surface area contributed by atoms with E-state index in [1.54, 1.807) is 0 Å². The molecule has 0 radical (unpaired) electrons. The van der Waals surface area contributed by atoms with E-state index in [0.29, 0.717) is 5.33 Å². The van der Waals surface area contributed by atoms with Gasteiger partial charge in [0.1, 0.15) is 23.3 Å². The number of alkyl halides is 5. The van der Waals surface area contributed by atoms with E-state index in [1.165, 1.54) is 11.8 Å². The Morgan fingerprint density at radius 2 is 1.71 bits per heavy atom. The zero-order valence-corrected chi connectivity index (χ0v) is 26.1. The summed E-state index contributed by atoms with van der Waals surface area (Å²) >= 11 is 28.4. The van der Waals surface area contributed by atoms with Crippen LogP contribution in [0, 0.1) is 5.41 Å². The number of benzene rings is 1. The standard InChI is InChI=1S/C22H30BrCl4NO5SSi/c1-4-35(5-2,6-3)33-18-17(31-16(29)13-24)15(12-23)30-20(32-21(28)22(25,26)27)19(18)34-14-10-8-7-9-11-14/h7-11,15,17-20,28H,4-6,12-13H2,1-3H3/t15-,17-,18+,19-,20-/m1/s1. The van der Waals surface area contributed by atoms with Crippen molar-refractivity contribution < 1.29 is 23.4 Å². The van der Waals surface area contributed by atoms with Crippen LogP contribution < -0.4 is 0 Å². The fourth-order valence-corrected chi connectivity index (χ4v) is 8.69. The first-order valence-electron chi connectivity index (χ1n) is 11.2. The summed E-state index contributed by atoms with van der Waals surface area (Å²) in [5.41, 5.74) is 0. The molecule has 0 amide bonds. The number of rotatable bonds is 11. The van der Waals surface area contributed by atoms with Crippen molar-refractivity contribution in [1.29, 1.82) is 5.41 Å². The van der Waals surface area contributed by atoms with Crippen LogP contribution in [0.25, 0.3) is 0 Å². The molecule has 1 aromatic rings. The molecule has 35 heavy (non-hydrogen) atoms. The fraction of sp³-hybridized carbons (Fsp3) is 0.636. The van der Waals surface area contributed by atoms with E-state index in [1.807, 2.05) is 30.3 Å². The van der Waals surface area contributed by atoms with Crippen LogP contribution in [0.1, 0.15) is 20.8 Å². The smallest absolute Gasteiger partial charge is 0.321 e. The maximum Gasteiger partial charge on any atom is 0.321 e. The summed E-state index contributed by atoms with van der Waals surface area (Å²) in [7, 11) is -2.21. The first-order chi connectivity index (χ1) is 16.5. The number of esters is 1. The summed E-state index contributed by atoms with van der Waals surface area (Å²) in [6, 6.07) is 12.3. The summed E-state index contributed by atoms with van der Waals surface area (Å²) in [5, 5.41) is 7.93. The van der Waals surface area contributed by atoms with Gasteiger partial charge in [0.25, 0.3) is 3.79 Å². The minimum atomic E-state index is -2.21. The second-order valence-corrected chi connectivity index (χ2v) is 17.1. The molecular weight excluding hydrogens is 640 g/mol. The van der Waals surface area contributed by atoms with Crippen LogP contribution in [0.15, 0.2) is 35.2 Å². The second kappa shape index (κ2) is 14.4. The van der Waals surface area contributed by atoms with E-state index in [-0.39, 0.29) is 5.88 Å². The van der Waals surface area contributed by atoms with Gasteiger partial charge < -0.3 is 18.6 Å². The van der Waals surface area contributed by atoms with Gasteiger partial charge in [-0.15, -0.1) is 23.4 Å². The second-order valence-electron chi connectivity index (χ2n) is 7.95. The van der Waals surface area contributed by atoms with E-state index >= 15 is 0 Å². The number of ether oxygens (including phenoxy) is 3. The van der Waals surface area contributed by atoms with E-state index in [2.05, 4.69) is 36.7 Å². The van der Waals surface area contributed by atoms with Crippen molar-refractivity contribution in [2.24, 2.45) is 0 Å². The molecule has 1 N–H and O–H groups in total. The minimum Gasteiger partial charge on any atom is -0.456 e. The zero-order valence-electron chi connectivity index (χ0n) is 19.6. The average Bonchev–Trinajstić information content (AvgIpc) is 2.85. The molecule has 0 unspecified atom stereocenters. The van der Waals surface area contributed by atoms with Gasteiger partial charge in [-0.3, -0.25) is 10.2 Å². The molecule has 13 heteroatoms. The van der Waals surface area contributed by atoms with Gasteiger partial charge in [0.05, 0.1) is 0 Å². The number of carbonyl (C=O) groups excluding carboxylic acids is 1. The molecule has 0 aromatic heterocycles. The first-order valence-corrected chi connectivity index (χ1v) is 17.4. The highest BCUT2D eigenvalue weighted by atomic mass is 79.9. The maximum absolute atomic E-state index is 12.3. The van der Waals surface area contributed by atoms with Crippen LogP contribution in [-0.4, -0.2) is 65.0 Å². The molecule has 1 aliphatic heterocycles. The normalized spacial score (nSPS) is 25.2. The molecule has 5 atom stereocenters. The number of hydrogen-bond donors (Lipinski definition) is 1. The van der Waals surface area contributed by atoms with Gasteiger partial charge in [0.15, 0.2) is 14.4 Å². The van der Waals surface area contributed by atoms with E-state index in [0.717, 1.165) is 23.0 Å². The van der Waals surface area contributed by atoms with E-state index < -0.39 is 53.8 Å². The Morgan fingerprint density at radius 3 is 2.20 bits per heavy atom. The Labute approximate surface area is 240 Å². The molecule has 2 rings (SSSR count).